The van der Waals surface area contributed by atoms with Gasteiger partial charge in [0.25, 0.3) is 11.5 Å². The Morgan fingerprint density at radius 1 is 1.00 bits per heavy atom. The number of nitrogens with zero attached hydrogens (tertiary/aromatic N) is 4. The van der Waals surface area contributed by atoms with Gasteiger partial charge in [-0.25, -0.2) is 4.98 Å². The van der Waals surface area contributed by atoms with Crippen LogP contribution in [0.1, 0.15) is 34.3 Å². The summed E-state index contributed by atoms with van der Waals surface area (Å²) in [6.07, 6.45) is 1.40. The van der Waals surface area contributed by atoms with Crippen molar-refractivity contribution in [3.05, 3.63) is 69.5 Å². The molecule has 37 heavy (non-hydrogen) atoms. The van der Waals surface area contributed by atoms with Gasteiger partial charge in [-0.05, 0) is 49.1 Å². The maximum Gasteiger partial charge on any atom is 0.262 e. The van der Waals surface area contributed by atoms with Crippen molar-refractivity contribution >= 4 is 34.5 Å². The lowest BCUT2D eigenvalue weighted by Gasteiger charge is -2.35. The lowest BCUT2D eigenvalue weighted by molar-refractivity contribution is -0.141. The van der Waals surface area contributed by atoms with Gasteiger partial charge >= 0.3 is 0 Å². The topological polar surface area (TPSA) is 84.7 Å². The fraction of sp³-hybridized carbons (Fsp3) is 0.429. The highest BCUT2D eigenvalue weighted by molar-refractivity contribution is 7.98. The van der Waals surface area contributed by atoms with Gasteiger partial charge in [0.15, 0.2) is 5.16 Å². The quantitative estimate of drug-likeness (QED) is 0.379. The van der Waals surface area contributed by atoms with Crippen LogP contribution in [0.3, 0.4) is 0 Å². The molecular weight excluding hydrogens is 488 g/mol. The van der Waals surface area contributed by atoms with E-state index in [0.29, 0.717) is 79.6 Å². The Balaban J connectivity index is 1.17. The molecule has 0 saturated carbocycles. The number of morpholine rings is 1. The first-order valence-electron chi connectivity index (χ1n) is 12.8. The normalized spacial score (nSPS) is 16.8. The first-order chi connectivity index (χ1) is 17.9. The number of ether oxygens (including phenoxy) is 1. The molecule has 3 heterocycles. The number of rotatable bonds is 5. The smallest absolute Gasteiger partial charge is 0.262 e. The van der Waals surface area contributed by atoms with Gasteiger partial charge in [-0.15, -0.1) is 0 Å². The van der Waals surface area contributed by atoms with Crippen molar-refractivity contribution in [3.63, 3.8) is 0 Å². The van der Waals surface area contributed by atoms with Crippen LogP contribution in [-0.4, -0.2) is 70.6 Å². The second kappa shape index (κ2) is 11.1. The van der Waals surface area contributed by atoms with E-state index in [9.17, 15) is 14.4 Å². The summed E-state index contributed by atoms with van der Waals surface area (Å²) in [5, 5.41) is 1.32. The Bertz CT molecular complexity index is 1360. The van der Waals surface area contributed by atoms with E-state index < -0.39 is 0 Å². The summed E-state index contributed by atoms with van der Waals surface area (Å²) in [6.45, 7) is 5.65. The van der Waals surface area contributed by atoms with Crippen LogP contribution in [0.4, 0.5) is 0 Å². The van der Waals surface area contributed by atoms with E-state index in [-0.39, 0.29) is 23.3 Å². The van der Waals surface area contributed by atoms with E-state index >= 15 is 0 Å². The van der Waals surface area contributed by atoms with Crippen LogP contribution in [0.25, 0.3) is 10.9 Å². The molecule has 2 aliphatic heterocycles. The van der Waals surface area contributed by atoms with Gasteiger partial charge in [0, 0.05) is 50.5 Å². The van der Waals surface area contributed by atoms with Crippen molar-refractivity contribution in [1.29, 1.82) is 0 Å². The van der Waals surface area contributed by atoms with E-state index in [1.54, 1.807) is 11.6 Å². The minimum absolute atomic E-state index is 0.00503. The summed E-state index contributed by atoms with van der Waals surface area (Å²) in [6, 6.07) is 13.3. The van der Waals surface area contributed by atoms with Crippen molar-refractivity contribution in [2.75, 3.05) is 39.4 Å². The first kappa shape index (κ1) is 25.5. The lowest BCUT2D eigenvalue weighted by atomic mass is 9.94. The highest BCUT2D eigenvalue weighted by atomic mass is 32.2. The van der Waals surface area contributed by atoms with E-state index in [1.165, 1.54) is 11.8 Å². The number of benzene rings is 2. The number of hydrogen-bond acceptors (Lipinski definition) is 6. The first-order valence-corrected chi connectivity index (χ1v) is 13.7. The number of thioether (sulfide) groups is 1. The van der Waals surface area contributed by atoms with Gasteiger partial charge in [0.2, 0.25) is 5.91 Å². The number of aryl methyl sites for hydroxylation is 1. The summed E-state index contributed by atoms with van der Waals surface area (Å²) in [5.41, 5.74) is 3.30. The van der Waals surface area contributed by atoms with Crippen LogP contribution in [0.2, 0.25) is 0 Å². The minimum atomic E-state index is -0.0399. The summed E-state index contributed by atoms with van der Waals surface area (Å²) < 4.78 is 6.95. The minimum Gasteiger partial charge on any atom is -0.378 e. The molecule has 8 nitrogen and oxygen atoms in total. The van der Waals surface area contributed by atoms with Crippen molar-refractivity contribution in [2.45, 2.75) is 30.7 Å². The predicted octanol–water partition coefficient (Wildman–Crippen LogP) is 3.25. The molecule has 5 rings (SSSR count). The molecule has 2 fully saturated rings. The van der Waals surface area contributed by atoms with E-state index in [0.717, 1.165) is 11.1 Å². The van der Waals surface area contributed by atoms with Crippen LogP contribution in [0.5, 0.6) is 0 Å². The highest BCUT2D eigenvalue weighted by Crippen LogP contribution is 2.24. The van der Waals surface area contributed by atoms with E-state index in [2.05, 4.69) is 0 Å². The summed E-state index contributed by atoms with van der Waals surface area (Å²) in [7, 11) is 1.75. The Morgan fingerprint density at radius 2 is 1.70 bits per heavy atom. The summed E-state index contributed by atoms with van der Waals surface area (Å²) in [5.74, 6) is 0.836. The van der Waals surface area contributed by atoms with Crippen LogP contribution in [0, 0.1) is 12.8 Å². The Kier molecular flexibility index (Phi) is 7.62. The molecule has 0 unspecified atom stereocenters. The molecule has 0 N–H and O–H groups in total. The summed E-state index contributed by atoms with van der Waals surface area (Å²) in [4.78, 5) is 47.1. The molecule has 9 heteroatoms. The Labute approximate surface area is 220 Å². The lowest BCUT2D eigenvalue weighted by Crippen LogP contribution is -2.47. The average molecular weight is 521 g/mol. The molecule has 0 spiro atoms. The third kappa shape index (κ3) is 5.43. The number of amides is 2. The number of likely N-dealkylation sites (tertiary alicyclic amines) is 1. The predicted molar refractivity (Wildman–Crippen MR) is 144 cm³/mol. The largest absolute Gasteiger partial charge is 0.378 e. The highest BCUT2D eigenvalue weighted by Gasteiger charge is 2.31. The second-order valence-electron chi connectivity index (χ2n) is 9.72. The monoisotopic (exact) mass is 520 g/mol. The van der Waals surface area contributed by atoms with Crippen molar-refractivity contribution in [3.8, 4) is 0 Å². The van der Waals surface area contributed by atoms with Crippen molar-refractivity contribution < 1.29 is 14.3 Å². The fourth-order valence-corrected chi connectivity index (χ4v) is 5.96. The third-order valence-electron chi connectivity index (χ3n) is 7.30. The number of fused-ring (bicyclic) bond motifs is 1. The Morgan fingerprint density at radius 3 is 2.41 bits per heavy atom. The molecule has 194 valence electrons. The van der Waals surface area contributed by atoms with Crippen LogP contribution in [-0.2, 0) is 22.3 Å². The molecule has 0 aliphatic carbocycles. The number of piperidine rings is 1. The molecule has 2 aliphatic rings. The molecule has 0 radical (unpaired) electrons. The van der Waals surface area contributed by atoms with Gasteiger partial charge in [-0.3, -0.25) is 19.0 Å². The number of aromatic nitrogens is 2. The van der Waals surface area contributed by atoms with Crippen LogP contribution < -0.4 is 5.56 Å². The molecule has 2 saturated heterocycles. The molecule has 3 aromatic rings. The number of carbonyl (C=O) groups is 2. The molecule has 2 aromatic carbocycles. The zero-order valence-corrected chi connectivity index (χ0v) is 22.1. The van der Waals surface area contributed by atoms with E-state index in [4.69, 9.17) is 9.72 Å². The second-order valence-corrected chi connectivity index (χ2v) is 10.7. The van der Waals surface area contributed by atoms with Gasteiger partial charge in [0.1, 0.15) is 0 Å². The van der Waals surface area contributed by atoms with Gasteiger partial charge in [0.05, 0.1) is 24.1 Å². The zero-order chi connectivity index (χ0) is 25.9. The molecular formula is C28H32N4O4S. The van der Waals surface area contributed by atoms with Crippen LogP contribution >= 0.6 is 11.8 Å². The zero-order valence-electron chi connectivity index (χ0n) is 21.3. The summed E-state index contributed by atoms with van der Waals surface area (Å²) >= 11 is 1.50. The average Bonchev–Trinajstić information content (AvgIpc) is 2.94. The van der Waals surface area contributed by atoms with Gasteiger partial charge in [-0.2, -0.15) is 0 Å². The standard InChI is InChI=1S/C28H32N4O4S/c1-19-4-3-5-23-24(19)27(35)30(2)28(29-23)37-18-20-6-8-21(9-7-20)25(33)31-12-10-22(11-13-31)26(34)32-14-16-36-17-15-32/h3-9,22H,10-18H2,1-2H3. The molecule has 0 bridgehead atoms. The van der Waals surface area contributed by atoms with Crippen molar-refractivity contribution in [2.24, 2.45) is 13.0 Å². The maximum atomic E-state index is 13.1. The fourth-order valence-electron chi connectivity index (χ4n) is 5.03. The molecule has 0 atom stereocenters. The Hall–Kier alpha value is -3.17. The van der Waals surface area contributed by atoms with Gasteiger partial charge in [-0.1, -0.05) is 36.0 Å². The third-order valence-corrected chi connectivity index (χ3v) is 8.40. The van der Waals surface area contributed by atoms with Gasteiger partial charge < -0.3 is 14.5 Å². The van der Waals surface area contributed by atoms with Crippen LogP contribution in [0.15, 0.2) is 52.4 Å². The van der Waals surface area contributed by atoms with Crippen molar-refractivity contribution in [1.82, 2.24) is 19.4 Å². The molecule has 2 amide bonds. The van der Waals surface area contributed by atoms with E-state index in [1.807, 2.05) is 59.2 Å². The maximum absolute atomic E-state index is 13.1. The number of carbonyl (C=O) groups excluding carboxylic acids is 2. The SMILES string of the molecule is Cc1cccc2nc(SCc3ccc(C(=O)N4CCC(C(=O)N5CCOCC5)CC4)cc3)n(C)c(=O)c12. The molecule has 1 aromatic heterocycles. The number of hydrogen-bond donors (Lipinski definition) is 0.